The molecule has 0 saturated carbocycles. The van der Waals surface area contributed by atoms with Gasteiger partial charge in [0.15, 0.2) is 5.76 Å². The lowest BCUT2D eigenvalue weighted by atomic mass is 10.2. The number of nitrogens with zero attached hydrogens (tertiary/aromatic N) is 4. The molecule has 10 heteroatoms. The molecule has 0 aliphatic carbocycles. The molecule has 0 spiro atoms. The number of fused-ring (bicyclic) bond motifs is 1. The topological polar surface area (TPSA) is 102 Å². The molecule has 2 aromatic carbocycles. The predicted molar refractivity (Wildman–Crippen MR) is 111 cm³/mol. The average molecular weight is 424 g/mol. The quantitative estimate of drug-likeness (QED) is 0.257. The number of nitro groups is 1. The van der Waals surface area contributed by atoms with Crippen molar-refractivity contribution >= 4 is 44.7 Å². The van der Waals surface area contributed by atoms with Gasteiger partial charge in [-0.3, -0.25) is 14.9 Å². The van der Waals surface area contributed by atoms with Gasteiger partial charge in [-0.05, 0) is 55.0 Å². The second-order valence-electron chi connectivity index (χ2n) is 6.27. The third kappa shape index (κ3) is 3.94. The van der Waals surface area contributed by atoms with Gasteiger partial charge >= 0.3 is 5.88 Å². The summed E-state index contributed by atoms with van der Waals surface area (Å²) < 4.78 is 19.2. The van der Waals surface area contributed by atoms with Gasteiger partial charge in [0, 0.05) is 5.56 Å². The molecular formula is C20H13FN4O4S. The van der Waals surface area contributed by atoms with Crippen LogP contribution < -0.4 is 5.01 Å². The number of halogens is 1. The molecule has 1 amide bonds. The molecule has 0 unspecified atom stereocenters. The van der Waals surface area contributed by atoms with Crippen molar-refractivity contribution in [3.05, 3.63) is 87.4 Å². The normalized spacial score (nSPS) is 11.3. The molecule has 4 aromatic rings. The number of carbonyl (C=O) groups excluding carboxylic acids is 1. The average Bonchev–Trinajstić information content (AvgIpc) is 3.35. The van der Waals surface area contributed by atoms with Gasteiger partial charge in [0.05, 0.1) is 22.5 Å². The molecule has 30 heavy (non-hydrogen) atoms. The first kappa shape index (κ1) is 19.4. The van der Waals surface area contributed by atoms with Crippen molar-refractivity contribution in [3.63, 3.8) is 0 Å². The number of aromatic nitrogens is 1. The largest absolute Gasteiger partial charge is 0.433 e. The lowest BCUT2D eigenvalue weighted by molar-refractivity contribution is -0.402. The summed E-state index contributed by atoms with van der Waals surface area (Å²) in [6.45, 7) is 1.95. The standard InChI is InChI=1S/C20H13FN4O4S/c1-12-2-8-16-17(10-12)30-20(23-16)24(19(26)13-3-5-14(21)6-4-13)22-11-15-7-9-18(29-15)25(27)28/h2-11H,1H3/b22-11+. The highest BCUT2D eigenvalue weighted by Gasteiger charge is 2.21. The van der Waals surface area contributed by atoms with E-state index in [1.165, 1.54) is 53.9 Å². The molecule has 0 aliphatic heterocycles. The Morgan fingerprint density at radius 1 is 1.23 bits per heavy atom. The van der Waals surface area contributed by atoms with Crippen molar-refractivity contribution in [1.82, 2.24) is 4.98 Å². The van der Waals surface area contributed by atoms with E-state index in [9.17, 15) is 19.3 Å². The number of thiazole rings is 1. The zero-order valence-electron chi connectivity index (χ0n) is 15.5. The van der Waals surface area contributed by atoms with E-state index < -0.39 is 22.5 Å². The molecule has 2 aromatic heterocycles. The van der Waals surface area contributed by atoms with Crippen molar-refractivity contribution in [3.8, 4) is 0 Å². The summed E-state index contributed by atoms with van der Waals surface area (Å²) in [4.78, 5) is 27.6. The fourth-order valence-electron chi connectivity index (χ4n) is 2.64. The fourth-order valence-corrected chi connectivity index (χ4v) is 3.66. The molecule has 150 valence electrons. The maximum Gasteiger partial charge on any atom is 0.433 e. The summed E-state index contributed by atoms with van der Waals surface area (Å²) in [5, 5.41) is 16.3. The minimum atomic E-state index is -0.672. The van der Waals surface area contributed by atoms with Gasteiger partial charge in [0.2, 0.25) is 5.13 Å². The van der Waals surface area contributed by atoms with Crippen LogP contribution in [0, 0.1) is 22.9 Å². The Morgan fingerprint density at radius 3 is 2.70 bits per heavy atom. The van der Waals surface area contributed by atoms with E-state index in [-0.39, 0.29) is 11.3 Å². The Bertz CT molecular complexity index is 1280. The maximum atomic E-state index is 13.3. The van der Waals surface area contributed by atoms with E-state index in [2.05, 4.69) is 10.1 Å². The SMILES string of the molecule is Cc1ccc2nc(N(/N=C/c3ccc([N+](=O)[O-])o3)C(=O)c3ccc(F)cc3)sc2c1. The van der Waals surface area contributed by atoms with Gasteiger partial charge in [-0.15, -0.1) is 0 Å². The molecule has 4 rings (SSSR count). The van der Waals surface area contributed by atoms with Crippen LogP contribution in [0.25, 0.3) is 10.2 Å². The molecule has 8 nitrogen and oxygen atoms in total. The molecule has 2 heterocycles. The van der Waals surface area contributed by atoms with Crippen molar-refractivity contribution in [2.45, 2.75) is 6.92 Å². The molecule has 0 N–H and O–H groups in total. The predicted octanol–water partition coefficient (Wildman–Crippen LogP) is 4.93. The van der Waals surface area contributed by atoms with Gasteiger partial charge in [-0.2, -0.15) is 10.1 Å². The van der Waals surface area contributed by atoms with E-state index in [0.29, 0.717) is 10.6 Å². The Kier molecular flexibility index (Phi) is 5.07. The summed E-state index contributed by atoms with van der Waals surface area (Å²) >= 11 is 1.26. The van der Waals surface area contributed by atoms with Gasteiger partial charge < -0.3 is 4.42 Å². The van der Waals surface area contributed by atoms with Crippen LogP contribution in [-0.4, -0.2) is 22.0 Å². The van der Waals surface area contributed by atoms with E-state index in [0.717, 1.165) is 15.3 Å². The molecule has 0 fully saturated rings. The number of benzene rings is 2. The monoisotopic (exact) mass is 424 g/mol. The highest BCUT2D eigenvalue weighted by Crippen LogP contribution is 2.31. The minimum Gasteiger partial charge on any atom is -0.400 e. The minimum absolute atomic E-state index is 0.0931. The molecule has 0 aliphatic rings. The number of carbonyl (C=O) groups is 1. The lowest BCUT2D eigenvalue weighted by Crippen LogP contribution is -2.25. The Morgan fingerprint density at radius 2 is 2.00 bits per heavy atom. The second kappa shape index (κ2) is 7.84. The first-order valence-corrected chi connectivity index (χ1v) is 9.48. The van der Waals surface area contributed by atoms with Crippen LogP contribution in [0.5, 0.6) is 0 Å². The Balaban J connectivity index is 1.74. The first-order chi connectivity index (χ1) is 14.4. The van der Waals surface area contributed by atoms with E-state index in [4.69, 9.17) is 4.42 Å². The van der Waals surface area contributed by atoms with Gasteiger partial charge in [0.1, 0.15) is 10.7 Å². The third-order valence-electron chi connectivity index (χ3n) is 4.09. The van der Waals surface area contributed by atoms with Crippen LogP contribution >= 0.6 is 11.3 Å². The van der Waals surface area contributed by atoms with Crippen LogP contribution in [0.1, 0.15) is 21.7 Å². The molecule has 0 atom stereocenters. The number of hydrazone groups is 1. The Hall–Kier alpha value is -3.92. The van der Waals surface area contributed by atoms with Gasteiger partial charge in [0.25, 0.3) is 5.91 Å². The number of aryl methyl sites for hydroxylation is 1. The lowest BCUT2D eigenvalue weighted by Gasteiger charge is -2.13. The van der Waals surface area contributed by atoms with Crippen LogP contribution in [0.15, 0.2) is 64.1 Å². The summed E-state index contributed by atoms with van der Waals surface area (Å²) in [7, 11) is 0. The summed E-state index contributed by atoms with van der Waals surface area (Å²) in [6.07, 6.45) is 1.19. The van der Waals surface area contributed by atoms with Crippen LogP contribution in [-0.2, 0) is 0 Å². The van der Waals surface area contributed by atoms with E-state index in [1.807, 2.05) is 25.1 Å². The zero-order chi connectivity index (χ0) is 21.3. The van der Waals surface area contributed by atoms with Crippen molar-refractivity contribution in [1.29, 1.82) is 0 Å². The number of hydrogen-bond acceptors (Lipinski definition) is 7. The van der Waals surface area contributed by atoms with Crippen LogP contribution in [0.4, 0.5) is 15.4 Å². The van der Waals surface area contributed by atoms with Crippen molar-refractivity contribution in [2.75, 3.05) is 5.01 Å². The number of hydrogen-bond donors (Lipinski definition) is 0. The maximum absolute atomic E-state index is 13.3. The summed E-state index contributed by atoms with van der Waals surface area (Å²) in [6, 6.07) is 13.3. The third-order valence-corrected chi connectivity index (χ3v) is 5.08. The smallest absolute Gasteiger partial charge is 0.400 e. The highest BCUT2D eigenvalue weighted by atomic mass is 32.1. The Labute approximate surface area is 173 Å². The highest BCUT2D eigenvalue weighted by molar-refractivity contribution is 7.22. The molecular weight excluding hydrogens is 411 g/mol. The van der Waals surface area contributed by atoms with E-state index in [1.54, 1.807) is 0 Å². The molecule has 0 saturated heterocycles. The van der Waals surface area contributed by atoms with Gasteiger partial charge in [-0.25, -0.2) is 9.37 Å². The number of furan rings is 1. The van der Waals surface area contributed by atoms with E-state index >= 15 is 0 Å². The van der Waals surface area contributed by atoms with Crippen LogP contribution in [0.2, 0.25) is 0 Å². The first-order valence-electron chi connectivity index (χ1n) is 8.66. The van der Waals surface area contributed by atoms with Crippen LogP contribution in [0.3, 0.4) is 0 Å². The summed E-state index contributed by atoms with van der Waals surface area (Å²) in [5.74, 6) is -1.36. The second-order valence-corrected chi connectivity index (χ2v) is 7.28. The summed E-state index contributed by atoms with van der Waals surface area (Å²) in [5.41, 5.74) is 1.94. The van der Waals surface area contributed by atoms with Gasteiger partial charge in [-0.1, -0.05) is 17.4 Å². The number of amides is 1. The molecule has 0 radical (unpaired) electrons. The molecule has 0 bridgehead atoms. The zero-order valence-corrected chi connectivity index (χ0v) is 16.3. The van der Waals surface area contributed by atoms with Crippen molar-refractivity contribution < 1.29 is 18.5 Å². The number of rotatable bonds is 5. The van der Waals surface area contributed by atoms with Crippen molar-refractivity contribution in [2.24, 2.45) is 5.10 Å². The fraction of sp³-hybridized carbons (Fsp3) is 0.0500. The number of anilines is 1.